The topological polar surface area (TPSA) is 73.7 Å². The van der Waals surface area contributed by atoms with Gasteiger partial charge >= 0.3 is 5.97 Å². The fourth-order valence-corrected chi connectivity index (χ4v) is 2.18. The molecule has 6 heteroatoms. The number of carboxylic acids is 1. The van der Waals surface area contributed by atoms with Crippen molar-refractivity contribution in [2.75, 3.05) is 27.2 Å². The van der Waals surface area contributed by atoms with Gasteiger partial charge in [0.2, 0.25) is 0 Å². The van der Waals surface area contributed by atoms with Crippen LogP contribution in [0, 0.1) is 0 Å². The number of rotatable bonds is 3. The number of aromatic nitrogens is 1. The van der Waals surface area contributed by atoms with Crippen molar-refractivity contribution in [1.29, 1.82) is 0 Å². The summed E-state index contributed by atoms with van der Waals surface area (Å²) in [6.45, 7) is 1.43. The van der Waals surface area contributed by atoms with E-state index in [1.165, 1.54) is 18.3 Å². The third kappa shape index (κ3) is 2.90. The third-order valence-corrected chi connectivity index (χ3v) is 3.41. The van der Waals surface area contributed by atoms with Crippen molar-refractivity contribution in [2.45, 2.75) is 12.5 Å². The second-order valence-corrected chi connectivity index (χ2v) is 4.89. The van der Waals surface area contributed by atoms with Gasteiger partial charge < -0.3 is 14.9 Å². The summed E-state index contributed by atoms with van der Waals surface area (Å²) in [5, 5.41) is 8.76. The molecule has 0 aliphatic carbocycles. The summed E-state index contributed by atoms with van der Waals surface area (Å²) in [7, 11) is 4.00. The maximum Gasteiger partial charge on any atom is 0.354 e. The van der Waals surface area contributed by atoms with Gasteiger partial charge in [0.05, 0.1) is 5.56 Å². The van der Waals surface area contributed by atoms with Crippen molar-refractivity contribution in [3.05, 3.63) is 29.6 Å². The molecule has 0 radical (unpaired) electrons. The van der Waals surface area contributed by atoms with E-state index in [0.717, 1.165) is 13.0 Å². The van der Waals surface area contributed by atoms with Crippen LogP contribution in [0.15, 0.2) is 18.3 Å². The lowest BCUT2D eigenvalue weighted by Gasteiger charge is -2.20. The minimum Gasteiger partial charge on any atom is -0.477 e. The van der Waals surface area contributed by atoms with Crippen LogP contribution in [-0.4, -0.2) is 65.0 Å². The van der Waals surface area contributed by atoms with Crippen LogP contribution >= 0.6 is 0 Å². The molecule has 1 saturated heterocycles. The molecule has 0 bridgehead atoms. The number of likely N-dealkylation sites (tertiary alicyclic amines) is 1. The van der Waals surface area contributed by atoms with Crippen LogP contribution in [0.5, 0.6) is 0 Å². The first-order chi connectivity index (χ1) is 8.99. The van der Waals surface area contributed by atoms with Crippen molar-refractivity contribution in [2.24, 2.45) is 0 Å². The molecule has 1 atom stereocenters. The SMILES string of the molecule is CN(C)C1CCN(C(=O)c2ccc(C(=O)O)nc2)C1. The normalized spacial score (nSPS) is 18.9. The molecule has 1 unspecified atom stereocenters. The Morgan fingerprint density at radius 2 is 2.16 bits per heavy atom. The molecule has 0 spiro atoms. The standard InChI is InChI=1S/C13H17N3O3/c1-15(2)10-5-6-16(8-10)12(17)9-3-4-11(13(18)19)14-7-9/h3-4,7,10H,5-6,8H2,1-2H3,(H,18,19). The maximum atomic E-state index is 12.2. The predicted octanol–water partition coefficient (Wildman–Crippen LogP) is 0.556. The monoisotopic (exact) mass is 263 g/mol. The number of likely N-dealkylation sites (N-methyl/N-ethyl adjacent to an activating group) is 1. The smallest absolute Gasteiger partial charge is 0.354 e. The Labute approximate surface area is 111 Å². The first kappa shape index (κ1) is 13.5. The lowest BCUT2D eigenvalue weighted by molar-refractivity contribution is 0.0688. The van der Waals surface area contributed by atoms with Gasteiger partial charge in [-0.2, -0.15) is 0 Å². The fraction of sp³-hybridized carbons (Fsp3) is 0.462. The number of carboxylic acid groups (broad SMARTS) is 1. The summed E-state index contributed by atoms with van der Waals surface area (Å²) in [6, 6.07) is 3.26. The van der Waals surface area contributed by atoms with E-state index in [4.69, 9.17) is 5.11 Å². The highest BCUT2D eigenvalue weighted by Gasteiger charge is 2.28. The molecule has 1 aromatic rings. The summed E-state index contributed by atoms with van der Waals surface area (Å²) >= 11 is 0. The second kappa shape index (κ2) is 5.36. The Morgan fingerprint density at radius 1 is 1.42 bits per heavy atom. The Kier molecular flexibility index (Phi) is 3.80. The van der Waals surface area contributed by atoms with E-state index in [1.54, 1.807) is 4.90 Å². The first-order valence-corrected chi connectivity index (χ1v) is 6.14. The highest BCUT2D eigenvalue weighted by atomic mass is 16.4. The summed E-state index contributed by atoms with van der Waals surface area (Å²) in [5.74, 6) is -1.18. The lowest BCUT2D eigenvalue weighted by Crippen LogP contribution is -2.34. The van der Waals surface area contributed by atoms with E-state index < -0.39 is 5.97 Å². The molecule has 1 N–H and O–H groups in total. The van der Waals surface area contributed by atoms with E-state index in [2.05, 4.69) is 9.88 Å². The average molecular weight is 263 g/mol. The summed E-state index contributed by atoms with van der Waals surface area (Å²) in [6.07, 6.45) is 2.29. The van der Waals surface area contributed by atoms with Crippen LogP contribution < -0.4 is 0 Å². The molecule has 0 saturated carbocycles. The van der Waals surface area contributed by atoms with Crippen molar-refractivity contribution in [3.63, 3.8) is 0 Å². The highest BCUT2D eigenvalue weighted by Crippen LogP contribution is 2.16. The Hall–Kier alpha value is -1.95. The second-order valence-electron chi connectivity index (χ2n) is 4.89. The zero-order valence-electron chi connectivity index (χ0n) is 11.0. The number of hydrogen-bond acceptors (Lipinski definition) is 4. The molecule has 1 aliphatic heterocycles. The molecular formula is C13H17N3O3. The number of aromatic carboxylic acids is 1. The molecule has 1 amide bonds. The minimum absolute atomic E-state index is 0.0517. The molecule has 6 nitrogen and oxygen atoms in total. The van der Waals surface area contributed by atoms with E-state index in [0.29, 0.717) is 18.2 Å². The predicted molar refractivity (Wildman–Crippen MR) is 69.2 cm³/mol. The number of carbonyl (C=O) groups is 2. The molecule has 0 aromatic carbocycles. The van der Waals surface area contributed by atoms with Crippen LogP contribution in [0.1, 0.15) is 27.3 Å². The van der Waals surface area contributed by atoms with Crippen LogP contribution in [0.2, 0.25) is 0 Å². The number of amides is 1. The van der Waals surface area contributed by atoms with Crippen molar-refractivity contribution in [3.8, 4) is 0 Å². The molecule has 102 valence electrons. The lowest BCUT2D eigenvalue weighted by atomic mass is 10.2. The fourth-order valence-electron chi connectivity index (χ4n) is 2.18. The van der Waals surface area contributed by atoms with Crippen LogP contribution in [0.25, 0.3) is 0 Å². The van der Waals surface area contributed by atoms with Gasteiger partial charge in [-0.1, -0.05) is 0 Å². The molecule has 1 aliphatic rings. The molecule has 19 heavy (non-hydrogen) atoms. The Bertz CT molecular complexity index is 484. The van der Waals surface area contributed by atoms with E-state index in [9.17, 15) is 9.59 Å². The molecule has 2 rings (SSSR count). The van der Waals surface area contributed by atoms with E-state index >= 15 is 0 Å². The summed E-state index contributed by atoms with van der Waals surface area (Å²) in [5.41, 5.74) is 0.383. The largest absolute Gasteiger partial charge is 0.477 e. The Balaban J connectivity index is 2.06. The Morgan fingerprint density at radius 3 is 2.63 bits per heavy atom. The molecular weight excluding hydrogens is 246 g/mol. The van der Waals surface area contributed by atoms with Gasteiger partial charge in [0.25, 0.3) is 5.91 Å². The molecule has 1 fully saturated rings. The van der Waals surface area contributed by atoms with E-state index in [-0.39, 0.29) is 11.6 Å². The molecule has 2 heterocycles. The zero-order valence-corrected chi connectivity index (χ0v) is 11.0. The highest BCUT2D eigenvalue weighted by molar-refractivity contribution is 5.95. The van der Waals surface area contributed by atoms with E-state index in [1.807, 2.05) is 14.1 Å². The number of hydrogen-bond donors (Lipinski definition) is 1. The van der Waals surface area contributed by atoms with Crippen molar-refractivity contribution < 1.29 is 14.7 Å². The first-order valence-electron chi connectivity index (χ1n) is 6.14. The van der Waals surface area contributed by atoms with Crippen molar-refractivity contribution in [1.82, 2.24) is 14.8 Å². The van der Waals surface area contributed by atoms with Crippen molar-refractivity contribution >= 4 is 11.9 Å². The third-order valence-electron chi connectivity index (χ3n) is 3.41. The maximum absolute atomic E-state index is 12.2. The zero-order chi connectivity index (χ0) is 14.0. The summed E-state index contributed by atoms with van der Waals surface area (Å²) < 4.78 is 0. The summed E-state index contributed by atoms with van der Waals surface area (Å²) in [4.78, 5) is 30.6. The van der Waals surface area contributed by atoms with Gasteiger partial charge in [0.15, 0.2) is 0 Å². The van der Waals surface area contributed by atoms with Gasteiger partial charge in [-0.05, 0) is 32.6 Å². The van der Waals surface area contributed by atoms with Gasteiger partial charge in [-0.15, -0.1) is 0 Å². The van der Waals surface area contributed by atoms with Crippen LogP contribution in [0.4, 0.5) is 0 Å². The number of carbonyl (C=O) groups excluding carboxylic acids is 1. The number of nitrogens with zero attached hydrogens (tertiary/aromatic N) is 3. The van der Waals surface area contributed by atoms with Gasteiger partial charge in [0, 0.05) is 25.3 Å². The van der Waals surface area contributed by atoms with Crippen LogP contribution in [0.3, 0.4) is 0 Å². The average Bonchev–Trinajstić information content (AvgIpc) is 2.87. The van der Waals surface area contributed by atoms with Crippen LogP contribution in [-0.2, 0) is 0 Å². The minimum atomic E-state index is -1.09. The molecule has 1 aromatic heterocycles. The van der Waals surface area contributed by atoms with Gasteiger partial charge in [0.1, 0.15) is 5.69 Å². The number of pyridine rings is 1. The van der Waals surface area contributed by atoms with Gasteiger partial charge in [-0.25, -0.2) is 9.78 Å². The van der Waals surface area contributed by atoms with Gasteiger partial charge in [-0.3, -0.25) is 4.79 Å². The quantitative estimate of drug-likeness (QED) is 0.862.